The predicted octanol–water partition coefficient (Wildman–Crippen LogP) is 2.21. The molecule has 0 bridgehead atoms. The lowest BCUT2D eigenvalue weighted by Gasteiger charge is -2.12. The number of benzene rings is 1. The van der Waals surface area contributed by atoms with E-state index in [1.807, 2.05) is 6.92 Å². The second-order valence-electron chi connectivity index (χ2n) is 4.34. The number of halogens is 1. The summed E-state index contributed by atoms with van der Waals surface area (Å²) >= 11 is 1.38. The standard InChI is InChI=1S/C12H14FN3O2S2/c1-7-6-15-12(19-7)8(2)16-20(17,18)11-5-9(14)3-4-10(11)13/h3-6,8,16H,14H2,1-2H3. The predicted molar refractivity (Wildman–Crippen MR) is 76.4 cm³/mol. The van der Waals surface area contributed by atoms with Gasteiger partial charge in [-0.05, 0) is 32.0 Å². The molecular formula is C12H14FN3O2S2. The van der Waals surface area contributed by atoms with Crippen LogP contribution in [0.2, 0.25) is 0 Å². The lowest BCUT2D eigenvalue weighted by Crippen LogP contribution is -2.27. The van der Waals surface area contributed by atoms with E-state index < -0.39 is 26.8 Å². The molecule has 1 aromatic heterocycles. The number of hydrogen-bond donors (Lipinski definition) is 2. The number of sulfonamides is 1. The zero-order valence-corrected chi connectivity index (χ0v) is 12.6. The first-order chi connectivity index (χ1) is 9.29. The summed E-state index contributed by atoms with van der Waals surface area (Å²) in [6, 6.07) is 2.89. The molecule has 5 nitrogen and oxygen atoms in total. The van der Waals surface area contributed by atoms with Crippen molar-refractivity contribution in [3.63, 3.8) is 0 Å². The summed E-state index contributed by atoms with van der Waals surface area (Å²) in [5, 5.41) is 0.621. The number of nitrogens with one attached hydrogen (secondary N) is 1. The number of nitrogen functional groups attached to an aromatic ring is 1. The Bertz CT molecular complexity index is 728. The van der Waals surface area contributed by atoms with Crippen LogP contribution < -0.4 is 10.5 Å². The topological polar surface area (TPSA) is 85.1 Å². The zero-order valence-electron chi connectivity index (χ0n) is 10.9. The van der Waals surface area contributed by atoms with Crippen molar-refractivity contribution in [2.45, 2.75) is 24.8 Å². The number of rotatable bonds is 4. The molecule has 0 amide bonds. The number of nitrogens with zero attached hydrogens (tertiary/aromatic N) is 1. The van der Waals surface area contributed by atoms with Crippen LogP contribution in [-0.2, 0) is 10.0 Å². The Hall–Kier alpha value is -1.51. The Balaban J connectivity index is 2.29. The van der Waals surface area contributed by atoms with E-state index in [1.54, 1.807) is 13.1 Å². The average molecular weight is 315 g/mol. The maximum atomic E-state index is 13.6. The Kier molecular flexibility index (Phi) is 4.07. The fraction of sp³-hybridized carbons (Fsp3) is 0.250. The molecule has 108 valence electrons. The molecule has 0 saturated heterocycles. The quantitative estimate of drug-likeness (QED) is 0.847. The van der Waals surface area contributed by atoms with Crippen molar-refractivity contribution in [1.82, 2.24) is 9.71 Å². The van der Waals surface area contributed by atoms with Crippen LogP contribution in [0.3, 0.4) is 0 Å². The maximum Gasteiger partial charge on any atom is 0.244 e. The van der Waals surface area contributed by atoms with Gasteiger partial charge in [0.1, 0.15) is 15.7 Å². The van der Waals surface area contributed by atoms with Crippen LogP contribution in [0.4, 0.5) is 10.1 Å². The first-order valence-corrected chi connectivity index (χ1v) is 8.09. The third kappa shape index (κ3) is 3.14. The van der Waals surface area contributed by atoms with Crippen molar-refractivity contribution in [3.8, 4) is 0 Å². The Morgan fingerprint density at radius 3 is 2.75 bits per heavy atom. The normalized spacial score (nSPS) is 13.3. The number of thiazole rings is 1. The summed E-state index contributed by atoms with van der Waals surface area (Å²) in [5.74, 6) is -0.839. The molecule has 2 rings (SSSR count). The van der Waals surface area contributed by atoms with E-state index in [0.29, 0.717) is 5.01 Å². The van der Waals surface area contributed by atoms with E-state index >= 15 is 0 Å². The van der Waals surface area contributed by atoms with Crippen LogP contribution in [0.5, 0.6) is 0 Å². The molecule has 1 unspecified atom stereocenters. The van der Waals surface area contributed by atoms with Gasteiger partial charge in [-0.2, -0.15) is 0 Å². The number of nitrogens with two attached hydrogens (primary N) is 1. The van der Waals surface area contributed by atoms with Crippen LogP contribution in [-0.4, -0.2) is 13.4 Å². The van der Waals surface area contributed by atoms with Gasteiger partial charge in [0.15, 0.2) is 0 Å². The molecule has 20 heavy (non-hydrogen) atoms. The molecule has 8 heteroatoms. The smallest absolute Gasteiger partial charge is 0.244 e. The number of anilines is 1. The van der Waals surface area contributed by atoms with Gasteiger partial charge >= 0.3 is 0 Å². The van der Waals surface area contributed by atoms with Crippen LogP contribution >= 0.6 is 11.3 Å². The molecule has 0 radical (unpaired) electrons. The van der Waals surface area contributed by atoms with Crippen LogP contribution in [0.25, 0.3) is 0 Å². The fourth-order valence-corrected chi connectivity index (χ4v) is 3.82. The van der Waals surface area contributed by atoms with Crippen molar-refractivity contribution in [1.29, 1.82) is 0 Å². The number of hydrogen-bond acceptors (Lipinski definition) is 5. The van der Waals surface area contributed by atoms with Gasteiger partial charge in [0.05, 0.1) is 6.04 Å². The summed E-state index contributed by atoms with van der Waals surface area (Å²) in [4.78, 5) is 4.62. The summed E-state index contributed by atoms with van der Waals surface area (Å²) in [5.41, 5.74) is 5.68. The highest BCUT2D eigenvalue weighted by molar-refractivity contribution is 7.89. The molecule has 0 aliphatic rings. The number of aryl methyl sites for hydroxylation is 1. The van der Waals surface area contributed by atoms with Gasteiger partial charge in [0, 0.05) is 16.8 Å². The highest BCUT2D eigenvalue weighted by Gasteiger charge is 2.23. The molecule has 0 spiro atoms. The third-order valence-corrected chi connectivity index (χ3v) is 5.24. The minimum atomic E-state index is -3.99. The van der Waals surface area contributed by atoms with E-state index in [9.17, 15) is 12.8 Å². The molecule has 1 atom stereocenters. The maximum absolute atomic E-state index is 13.6. The Labute approximate surface area is 120 Å². The summed E-state index contributed by atoms with van der Waals surface area (Å²) < 4.78 is 40.4. The first-order valence-electron chi connectivity index (χ1n) is 5.79. The van der Waals surface area contributed by atoms with Gasteiger partial charge < -0.3 is 5.73 Å². The van der Waals surface area contributed by atoms with Crippen molar-refractivity contribution in [3.05, 3.63) is 40.1 Å². The zero-order chi connectivity index (χ0) is 14.9. The largest absolute Gasteiger partial charge is 0.399 e. The molecule has 0 aliphatic carbocycles. The lowest BCUT2D eigenvalue weighted by atomic mass is 10.3. The minimum Gasteiger partial charge on any atom is -0.399 e. The van der Waals surface area contributed by atoms with Crippen LogP contribution in [0, 0.1) is 12.7 Å². The van der Waals surface area contributed by atoms with Crippen LogP contribution in [0.1, 0.15) is 22.9 Å². The molecular weight excluding hydrogens is 301 g/mol. The second kappa shape index (κ2) is 5.47. The number of aromatic nitrogens is 1. The highest BCUT2D eigenvalue weighted by atomic mass is 32.2. The van der Waals surface area contributed by atoms with Gasteiger partial charge in [-0.3, -0.25) is 0 Å². The lowest BCUT2D eigenvalue weighted by molar-refractivity contribution is 0.546. The van der Waals surface area contributed by atoms with E-state index in [0.717, 1.165) is 17.0 Å². The molecule has 1 aromatic carbocycles. The van der Waals surface area contributed by atoms with Crippen molar-refractivity contribution >= 4 is 27.0 Å². The third-order valence-electron chi connectivity index (χ3n) is 2.59. The average Bonchev–Trinajstić information content (AvgIpc) is 2.78. The van der Waals surface area contributed by atoms with Crippen molar-refractivity contribution in [2.24, 2.45) is 0 Å². The van der Waals surface area contributed by atoms with Gasteiger partial charge in [0.25, 0.3) is 0 Å². The Morgan fingerprint density at radius 2 is 2.15 bits per heavy atom. The van der Waals surface area contributed by atoms with Gasteiger partial charge in [0.2, 0.25) is 10.0 Å². The SMILES string of the molecule is Cc1cnc(C(C)NS(=O)(=O)c2cc(N)ccc2F)s1. The molecule has 1 heterocycles. The molecule has 2 aromatic rings. The molecule has 0 aliphatic heterocycles. The van der Waals surface area contributed by atoms with Gasteiger partial charge in [-0.1, -0.05) is 0 Å². The summed E-state index contributed by atoms with van der Waals surface area (Å²) in [7, 11) is -3.99. The van der Waals surface area contributed by atoms with Gasteiger partial charge in [-0.25, -0.2) is 22.5 Å². The molecule has 0 fully saturated rings. The minimum absolute atomic E-state index is 0.185. The van der Waals surface area contributed by atoms with Gasteiger partial charge in [-0.15, -0.1) is 11.3 Å². The fourth-order valence-electron chi connectivity index (χ4n) is 1.64. The second-order valence-corrected chi connectivity index (χ2v) is 7.29. The van der Waals surface area contributed by atoms with Crippen molar-refractivity contribution in [2.75, 3.05) is 5.73 Å². The monoisotopic (exact) mass is 315 g/mol. The van der Waals surface area contributed by atoms with Crippen LogP contribution in [0.15, 0.2) is 29.3 Å². The molecule has 0 saturated carbocycles. The van der Waals surface area contributed by atoms with E-state index in [-0.39, 0.29) is 5.69 Å². The van der Waals surface area contributed by atoms with E-state index in [1.165, 1.54) is 17.4 Å². The first kappa shape index (κ1) is 14.9. The molecule has 3 N–H and O–H groups in total. The van der Waals surface area contributed by atoms with E-state index in [2.05, 4.69) is 9.71 Å². The van der Waals surface area contributed by atoms with Crippen molar-refractivity contribution < 1.29 is 12.8 Å². The van der Waals surface area contributed by atoms with E-state index in [4.69, 9.17) is 5.73 Å². The Morgan fingerprint density at radius 1 is 1.45 bits per heavy atom. The summed E-state index contributed by atoms with van der Waals surface area (Å²) in [6.45, 7) is 3.53. The highest BCUT2D eigenvalue weighted by Crippen LogP contribution is 2.23. The summed E-state index contributed by atoms with van der Waals surface area (Å²) in [6.07, 6.45) is 1.66.